The first kappa shape index (κ1) is 14.7. The van der Waals surface area contributed by atoms with Crippen LogP contribution in [-0.4, -0.2) is 21.0 Å². The van der Waals surface area contributed by atoms with Gasteiger partial charge in [0.2, 0.25) is 10.0 Å². The van der Waals surface area contributed by atoms with Gasteiger partial charge in [0.05, 0.1) is 16.3 Å². The third kappa shape index (κ3) is 2.87. The maximum Gasteiger partial charge on any atom is 0.238 e. The van der Waals surface area contributed by atoms with E-state index in [4.69, 9.17) is 10.9 Å². The molecule has 1 heterocycles. The number of hydrogen-bond acceptors (Lipinski definition) is 4. The predicted molar refractivity (Wildman–Crippen MR) is 84.6 cm³/mol. The van der Waals surface area contributed by atoms with Crippen molar-refractivity contribution in [3.63, 3.8) is 0 Å². The molecule has 0 radical (unpaired) electrons. The molecule has 1 aromatic carbocycles. The molecule has 0 amide bonds. The minimum atomic E-state index is -3.69. The van der Waals surface area contributed by atoms with E-state index in [9.17, 15) is 8.42 Å². The molecule has 21 heavy (non-hydrogen) atoms. The number of benzene rings is 1. The van der Waals surface area contributed by atoms with Crippen LogP contribution in [0.3, 0.4) is 0 Å². The molecule has 1 aliphatic carbocycles. The standard InChI is InChI=1S/C15H23N3O2S/c16-13-10-12(21(17,19)20)7-8-15(13)18-9-3-5-11-4-1-2-6-14(11)18/h7-8,10-11,14H,1-6,9,16H2,(H2,17,19,20)/t11-,14-/m1/s1. The second-order valence-electron chi connectivity index (χ2n) is 6.21. The number of fused-ring (bicyclic) bond motifs is 1. The summed E-state index contributed by atoms with van der Waals surface area (Å²) in [5.74, 6) is 0.754. The van der Waals surface area contributed by atoms with Gasteiger partial charge in [0.1, 0.15) is 0 Å². The van der Waals surface area contributed by atoms with Gasteiger partial charge in [0.15, 0.2) is 0 Å². The molecule has 0 aromatic heterocycles. The van der Waals surface area contributed by atoms with Crippen molar-refractivity contribution in [1.29, 1.82) is 0 Å². The molecule has 116 valence electrons. The van der Waals surface area contributed by atoms with Crippen molar-refractivity contribution in [3.05, 3.63) is 18.2 Å². The molecule has 1 saturated carbocycles. The number of nitrogen functional groups attached to an aromatic ring is 1. The van der Waals surface area contributed by atoms with Gasteiger partial charge in [-0.05, 0) is 49.8 Å². The fourth-order valence-electron chi connectivity index (χ4n) is 3.90. The lowest BCUT2D eigenvalue weighted by atomic mass is 9.78. The van der Waals surface area contributed by atoms with Gasteiger partial charge in [-0.2, -0.15) is 0 Å². The summed E-state index contributed by atoms with van der Waals surface area (Å²) in [5, 5.41) is 5.16. The Morgan fingerprint density at radius 1 is 1.10 bits per heavy atom. The number of sulfonamides is 1. The number of primary sulfonamides is 1. The first-order chi connectivity index (χ1) is 9.97. The van der Waals surface area contributed by atoms with Gasteiger partial charge in [-0.1, -0.05) is 12.8 Å². The Balaban J connectivity index is 1.92. The summed E-state index contributed by atoms with van der Waals surface area (Å²) >= 11 is 0. The van der Waals surface area contributed by atoms with E-state index in [2.05, 4.69) is 4.90 Å². The lowest BCUT2D eigenvalue weighted by Gasteiger charge is -2.45. The van der Waals surface area contributed by atoms with Crippen molar-refractivity contribution in [2.24, 2.45) is 11.1 Å². The fourth-order valence-corrected chi connectivity index (χ4v) is 4.44. The fraction of sp³-hybridized carbons (Fsp3) is 0.600. The first-order valence-electron chi connectivity index (χ1n) is 7.66. The molecule has 0 unspecified atom stereocenters. The summed E-state index contributed by atoms with van der Waals surface area (Å²) in [4.78, 5) is 2.47. The summed E-state index contributed by atoms with van der Waals surface area (Å²) in [6, 6.07) is 5.41. The van der Waals surface area contributed by atoms with Crippen LogP contribution in [0.5, 0.6) is 0 Å². The van der Waals surface area contributed by atoms with Crippen molar-refractivity contribution in [2.45, 2.75) is 49.5 Å². The maximum atomic E-state index is 11.4. The number of rotatable bonds is 2. The quantitative estimate of drug-likeness (QED) is 0.818. The SMILES string of the molecule is Nc1cc(S(N)(=O)=O)ccc1N1CCC[C@H]2CCCC[C@H]21. The molecule has 6 heteroatoms. The van der Waals surface area contributed by atoms with Gasteiger partial charge < -0.3 is 10.6 Å². The third-order valence-electron chi connectivity index (χ3n) is 4.88. The lowest BCUT2D eigenvalue weighted by Crippen LogP contribution is -2.47. The number of piperidine rings is 1. The van der Waals surface area contributed by atoms with E-state index in [1.54, 1.807) is 6.07 Å². The number of anilines is 2. The summed E-state index contributed by atoms with van der Waals surface area (Å²) in [6.45, 7) is 1.00. The minimum absolute atomic E-state index is 0.0842. The van der Waals surface area contributed by atoms with Crippen molar-refractivity contribution < 1.29 is 8.42 Å². The van der Waals surface area contributed by atoms with E-state index in [0.29, 0.717) is 11.7 Å². The molecule has 3 rings (SSSR count). The molecule has 2 aliphatic rings. The van der Waals surface area contributed by atoms with Crippen LogP contribution in [0.1, 0.15) is 38.5 Å². The topological polar surface area (TPSA) is 89.4 Å². The van der Waals surface area contributed by atoms with Gasteiger partial charge in [-0.15, -0.1) is 0 Å². The highest BCUT2D eigenvalue weighted by atomic mass is 32.2. The van der Waals surface area contributed by atoms with Crippen LogP contribution in [-0.2, 0) is 10.0 Å². The molecule has 4 N–H and O–H groups in total. The van der Waals surface area contributed by atoms with E-state index in [1.165, 1.54) is 44.6 Å². The van der Waals surface area contributed by atoms with Crippen LogP contribution in [0.4, 0.5) is 11.4 Å². The van der Waals surface area contributed by atoms with Crippen molar-refractivity contribution >= 4 is 21.4 Å². The molecule has 1 aliphatic heterocycles. The highest BCUT2D eigenvalue weighted by Gasteiger charge is 2.34. The van der Waals surface area contributed by atoms with Gasteiger partial charge in [-0.3, -0.25) is 0 Å². The monoisotopic (exact) mass is 309 g/mol. The second-order valence-corrected chi connectivity index (χ2v) is 7.77. The predicted octanol–water partition coefficient (Wildman–Crippen LogP) is 2.08. The van der Waals surface area contributed by atoms with E-state index in [1.807, 2.05) is 6.07 Å². The minimum Gasteiger partial charge on any atom is -0.397 e. The molecule has 5 nitrogen and oxygen atoms in total. The second kappa shape index (κ2) is 5.50. The normalized spacial score (nSPS) is 26.4. The Morgan fingerprint density at radius 2 is 1.81 bits per heavy atom. The summed E-state index contributed by atoms with van der Waals surface area (Å²) < 4.78 is 22.8. The largest absolute Gasteiger partial charge is 0.397 e. The van der Waals surface area contributed by atoms with E-state index >= 15 is 0 Å². The average molecular weight is 309 g/mol. The Hall–Kier alpha value is -1.27. The molecule has 1 saturated heterocycles. The Kier molecular flexibility index (Phi) is 3.84. The first-order valence-corrected chi connectivity index (χ1v) is 9.20. The van der Waals surface area contributed by atoms with Crippen molar-refractivity contribution in [2.75, 3.05) is 17.2 Å². The molecule has 0 bridgehead atoms. The smallest absolute Gasteiger partial charge is 0.238 e. The van der Waals surface area contributed by atoms with E-state index in [-0.39, 0.29) is 4.90 Å². The average Bonchev–Trinajstić information content (AvgIpc) is 2.46. The zero-order valence-electron chi connectivity index (χ0n) is 12.2. The molecular formula is C15H23N3O2S. The highest BCUT2D eigenvalue weighted by Crippen LogP contribution is 2.39. The van der Waals surface area contributed by atoms with Crippen LogP contribution in [0.2, 0.25) is 0 Å². The van der Waals surface area contributed by atoms with Crippen LogP contribution < -0.4 is 15.8 Å². The molecule has 2 fully saturated rings. The van der Waals surface area contributed by atoms with Gasteiger partial charge in [-0.25, -0.2) is 13.6 Å². The van der Waals surface area contributed by atoms with Crippen molar-refractivity contribution in [3.8, 4) is 0 Å². The lowest BCUT2D eigenvalue weighted by molar-refractivity contribution is 0.244. The van der Waals surface area contributed by atoms with Gasteiger partial charge in [0.25, 0.3) is 0 Å². The number of hydrogen-bond donors (Lipinski definition) is 2. The van der Waals surface area contributed by atoms with Crippen LogP contribution >= 0.6 is 0 Å². The van der Waals surface area contributed by atoms with Crippen LogP contribution in [0.25, 0.3) is 0 Å². The summed E-state index contributed by atoms with van der Waals surface area (Å²) in [7, 11) is -3.69. The summed E-state index contributed by atoms with van der Waals surface area (Å²) in [6.07, 6.45) is 7.59. The zero-order chi connectivity index (χ0) is 15.0. The third-order valence-corrected chi connectivity index (χ3v) is 5.79. The highest BCUT2D eigenvalue weighted by molar-refractivity contribution is 7.89. The van der Waals surface area contributed by atoms with Crippen molar-refractivity contribution in [1.82, 2.24) is 0 Å². The van der Waals surface area contributed by atoms with Gasteiger partial charge >= 0.3 is 0 Å². The zero-order valence-corrected chi connectivity index (χ0v) is 13.0. The Labute approximate surface area is 126 Å². The Morgan fingerprint density at radius 3 is 2.52 bits per heavy atom. The molecular weight excluding hydrogens is 286 g/mol. The van der Waals surface area contributed by atoms with Crippen LogP contribution in [0, 0.1) is 5.92 Å². The Bertz CT molecular complexity index is 628. The maximum absolute atomic E-state index is 11.4. The molecule has 0 spiro atoms. The molecule has 1 aromatic rings. The van der Waals surface area contributed by atoms with Crippen LogP contribution in [0.15, 0.2) is 23.1 Å². The van der Waals surface area contributed by atoms with E-state index in [0.717, 1.165) is 18.2 Å². The molecule has 2 atom stereocenters. The van der Waals surface area contributed by atoms with Gasteiger partial charge in [0, 0.05) is 12.6 Å². The number of nitrogens with zero attached hydrogens (tertiary/aromatic N) is 1. The summed E-state index contributed by atoms with van der Waals surface area (Å²) in [5.41, 5.74) is 7.57. The number of nitrogens with two attached hydrogens (primary N) is 2. The van der Waals surface area contributed by atoms with E-state index < -0.39 is 10.0 Å².